The molecule has 1 aromatic rings. The molecule has 0 aliphatic heterocycles. The van der Waals surface area contributed by atoms with Gasteiger partial charge in [0.1, 0.15) is 5.82 Å². The number of carboxylic acids is 1. The van der Waals surface area contributed by atoms with Crippen LogP contribution in [0.5, 0.6) is 0 Å². The van der Waals surface area contributed by atoms with Crippen LogP contribution in [0, 0.1) is 11.7 Å². The Bertz CT molecular complexity index is 457. The monoisotopic (exact) mass is 265 g/mol. The molecule has 0 heterocycles. The fourth-order valence-electron chi connectivity index (χ4n) is 2.40. The third-order valence-corrected chi connectivity index (χ3v) is 3.88. The molecule has 0 spiro atoms. The molecule has 0 atom stereocenters. The first-order valence-electron chi connectivity index (χ1n) is 6.84. The quantitative estimate of drug-likeness (QED) is 0.859. The van der Waals surface area contributed by atoms with Crippen LogP contribution in [-0.2, 0) is 6.54 Å². The van der Waals surface area contributed by atoms with Gasteiger partial charge in [0.15, 0.2) is 0 Å². The lowest BCUT2D eigenvalue weighted by molar-refractivity contribution is 0.0696. The first-order valence-corrected chi connectivity index (χ1v) is 6.84. The molecule has 2 rings (SSSR count). The lowest BCUT2D eigenvalue weighted by Crippen LogP contribution is -2.32. The third kappa shape index (κ3) is 3.53. The largest absolute Gasteiger partial charge is 0.478 e. The van der Waals surface area contributed by atoms with Crippen molar-refractivity contribution in [1.82, 2.24) is 4.90 Å². The first kappa shape index (κ1) is 14.0. The minimum Gasteiger partial charge on any atom is -0.478 e. The maximum atomic E-state index is 13.9. The minimum absolute atomic E-state index is 0.00305. The van der Waals surface area contributed by atoms with Crippen molar-refractivity contribution < 1.29 is 14.3 Å². The van der Waals surface area contributed by atoms with Crippen LogP contribution >= 0.6 is 0 Å². The number of hydrogen-bond donors (Lipinski definition) is 1. The number of rotatable bonds is 6. The Labute approximate surface area is 113 Å². The van der Waals surface area contributed by atoms with Crippen LogP contribution in [0.2, 0.25) is 0 Å². The van der Waals surface area contributed by atoms with E-state index in [1.54, 1.807) is 6.07 Å². The van der Waals surface area contributed by atoms with Gasteiger partial charge in [-0.2, -0.15) is 0 Å². The highest BCUT2D eigenvalue weighted by atomic mass is 19.1. The Balaban J connectivity index is 2.01. The van der Waals surface area contributed by atoms with Crippen molar-refractivity contribution in [3.63, 3.8) is 0 Å². The van der Waals surface area contributed by atoms with Crippen molar-refractivity contribution >= 4 is 5.97 Å². The number of benzene rings is 1. The molecule has 1 aliphatic carbocycles. The average molecular weight is 265 g/mol. The smallest absolute Gasteiger partial charge is 0.335 e. The highest BCUT2D eigenvalue weighted by Gasteiger charge is 2.20. The van der Waals surface area contributed by atoms with Gasteiger partial charge in [-0.1, -0.05) is 19.4 Å². The predicted molar refractivity (Wildman–Crippen MR) is 71.7 cm³/mol. The molecule has 4 heteroatoms. The lowest BCUT2D eigenvalue weighted by atomic mass is 9.85. The Morgan fingerprint density at radius 2 is 2.21 bits per heavy atom. The summed E-state index contributed by atoms with van der Waals surface area (Å²) in [5.41, 5.74) is 0.578. The van der Waals surface area contributed by atoms with E-state index >= 15 is 0 Å². The molecule has 1 aromatic carbocycles. The zero-order chi connectivity index (χ0) is 13.8. The summed E-state index contributed by atoms with van der Waals surface area (Å²) in [6.45, 7) is 4.52. The predicted octanol–water partition coefficient (Wildman–Crippen LogP) is 3.15. The highest BCUT2D eigenvalue weighted by molar-refractivity contribution is 5.87. The molecule has 0 amide bonds. The van der Waals surface area contributed by atoms with Crippen molar-refractivity contribution in [3.8, 4) is 0 Å². The summed E-state index contributed by atoms with van der Waals surface area (Å²) in [5.74, 6) is -0.763. The maximum absolute atomic E-state index is 13.9. The number of halogens is 1. The summed E-state index contributed by atoms with van der Waals surface area (Å²) >= 11 is 0. The second-order valence-electron chi connectivity index (χ2n) is 5.24. The van der Waals surface area contributed by atoms with Gasteiger partial charge in [-0.05, 0) is 37.4 Å². The second-order valence-corrected chi connectivity index (χ2v) is 5.24. The molecule has 1 saturated carbocycles. The lowest BCUT2D eigenvalue weighted by Gasteiger charge is -2.31. The molecular formula is C15H20FNO2. The van der Waals surface area contributed by atoms with Crippen LogP contribution in [-0.4, -0.2) is 29.1 Å². The minimum atomic E-state index is -1.09. The molecule has 3 nitrogen and oxygen atoms in total. The number of carbonyl (C=O) groups is 1. The summed E-state index contributed by atoms with van der Waals surface area (Å²) in [5, 5.41) is 8.81. The number of nitrogens with zero attached hydrogens (tertiary/aromatic N) is 1. The van der Waals surface area contributed by atoms with Crippen molar-refractivity contribution in [3.05, 3.63) is 35.1 Å². The maximum Gasteiger partial charge on any atom is 0.335 e. The summed E-state index contributed by atoms with van der Waals surface area (Å²) in [7, 11) is 0. The zero-order valence-electron chi connectivity index (χ0n) is 11.2. The molecule has 0 radical (unpaired) electrons. The Morgan fingerprint density at radius 3 is 2.68 bits per heavy atom. The molecule has 1 N–H and O–H groups in total. The van der Waals surface area contributed by atoms with E-state index in [0.29, 0.717) is 12.1 Å². The number of aromatic carboxylic acids is 1. The Morgan fingerprint density at radius 1 is 1.47 bits per heavy atom. The van der Waals surface area contributed by atoms with Gasteiger partial charge in [0.2, 0.25) is 0 Å². The van der Waals surface area contributed by atoms with Crippen LogP contribution in [0.25, 0.3) is 0 Å². The number of carboxylic acid groups (broad SMARTS) is 1. The molecule has 0 unspecified atom stereocenters. The van der Waals surface area contributed by atoms with Crippen molar-refractivity contribution in [2.24, 2.45) is 5.92 Å². The van der Waals surface area contributed by atoms with Gasteiger partial charge in [-0.15, -0.1) is 0 Å². The Kier molecular flexibility index (Phi) is 4.53. The molecule has 1 fully saturated rings. The van der Waals surface area contributed by atoms with Crippen LogP contribution < -0.4 is 0 Å². The van der Waals surface area contributed by atoms with Gasteiger partial charge in [-0.25, -0.2) is 9.18 Å². The standard InChI is InChI=1S/C15H20FNO2/c1-2-17(9-11-4-3-5-11)10-13-7-6-12(15(18)19)8-14(13)16/h6-8,11H,2-5,9-10H2,1H3,(H,18,19). The van der Waals surface area contributed by atoms with E-state index in [4.69, 9.17) is 5.11 Å². The van der Waals surface area contributed by atoms with Crippen LogP contribution in [0.4, 0.5) is 4.39 Å². The SMILES string of the molecule is CCN(Cc1ccc(C(=O)O)cc1F)CC1CCC1. The van der Waals surface area contributed by atoms with E-state index in [0.717, 1.165) is 25.1 Å². The average Bonchev–Trinajstić information content (AvgIpc) is 2.33. The molecule has 19 heavy (non-hydrogen) atoms. The first-order chi connectivity index (χ1) is 9.10. The summed E-state index contributed by atoms with van der Waals surface area (Å²) in [4.78, 5) is 13.0. The highest BCUT2D eigenvalue weighted by Crippen LogP contribution is 2.27. The van der Waals surface area contributed by atoms with Crippen molar-refractivity contribution in [2.75, 3.05) is 13.1 Å². The van der Waals surface area contributed by atoms with Gasteiger partial charge < -0.3 is 5.11 Å². The molecule has 0 saturated heterocycles. The van der Waals surface area contributed by atoms with E-state index in [1.165, 1.54) is 25.3 Å². The van der Waals surface area contributed by atoms with Crippen LogP contribution in [0.3, 0.4) is 0 Å². The fraction of sp³-hybridized carbons (Fsp3) is 0.533. The molecule has 0 bridgehead atoms. The van der Waals surface area contributed by atoms with Crippen LogP contribution in [0.15, 0.2) is 18.2 Å². The van der Waals surface area contributed by atoms with Gasteiger partial charge in [0, 0.05) is 18.7 Å². The molecule has 0 aromatic heterocycles. The topological polar surface area (TPSA) is 40.5 Å². The van der Waals surface area contributed by atoms with E-state index < -0.39 is 11.8 Å². The summed E-state index contributed by atoms with van der Waals surface area (Å²) in [6, 6.07) is 4.16. The number of hydrogen-bond acceptors (Lipinski definition) is 2. The Hall–Kier alpha value is -1.42. The van der Waals surface area contributed by atoms with Gasteiger partial charge in [-0.3, -0.25) is 4.90 Å². The fourth-order valence-corrected chi connectivity index (χ4v) is 2.40. The third-order valence-electron chi connectivity index (χ3n) is 3.88. The molecule has 1 aliphatic rings. The van der Waals surface area contributed by atoms with Gasteiger partial charge in [0.05, 0.1) is 5.56 Å². The second kappa shape index (κ2) is 6.15. The van der Waals surface area contributed by atoms with E-state index in [9.17, 15) is 9.18 Å². The van der Waals surface area contributed by atoms with Gasteiger partial charge in [0.25, 0.3) is 0 Å². The van der Waals surface area contributed by atoms with Gasteiger partial charge >= 0.3 is 5.97 Å². The molecule has 104 valence electrons. The zero-order valence-corrected chi connectivity index (χ0v) is 11.2. The normalized spacial score (nSPS) is 15.5. The van der Waals surface area contributed by atoms with E-state index in [2.05, 4.69) is 11.8 Å². The summed E-state index contributed by atoms with van der Waals surface area (Å²) < 4.78 is 13.9. The van der Waals surface area contributed by atoms with E-state index in [-0.39, 0.29) is 5.56 Å². The van der Waals surface area contributed by atoms with E-state index in [1.807, 2.05) is 0 Å². The van der Waals surface area contributed by atoms with Crippen molar-refractivity contribution in [1.29, 1.82) is 0 Å². The van der Waals surface area contributed by atoms with Crippen molar-refractivity contribution in [2.45, 2.75) is 32.7 Å². The summed E-state index contributed by atoms with van der Waals surface area (Å²) in [6.07, 6.45) is 3.86. The molecular weight excluding hydrogens is 245 g/mol. The van der Waals surface area contributed by atoms with Crippen LogP contribution in [0.1, 0.15) is 42.1 Å².